The molecule has 1 atom stereocenters. The molecule has 4 heteroatoms. The number of anilines is 1. The average molecular weight is 287 g/mol. The number of aromatic nitrogens is 1. The number of nitrogens with zero attached hydrogens (tertiary/aromatic N) is 1. The minimum atomic E-state index is -0.216. The molecule has 0 radical (unpaired) electrons. The van der Waals surface area contributed by atoms with Gasteiger partial charge in [-0.25, -0.2) is 9.37 Å². The van der Waals surface area contributed by atoms with Gasteiger partial charge in [0.15, 0.2) is 0 Å². The highest BCUT2D eigenvalue weighted by Crippen LogP contribution is 2.29. The molecule has 0 aliphatic carbocycles. The zero-order valence-corrected chi connectivity index (χ0v) is 12.7. The van der Waals surface area contributed by atoms with Crippen LogP contribution in [0.2, 0.25) is 0 Å². The van der Waals surface area contributed by atoms with Crippen molar-refractivity contribution in [3.8, 4) is 0 Å². The van der Waals surface area contributed by atoms with E-state index in [-0.39, 0.29) is 17.3 Å². The molecular weight excluding hydrogens is 265 g/mol. The number of likely N-dealkylation sites (N-methyl/N-ethyl adjacent to an activating group) is 1. The second-order valence-electron chi connectivity index (χ2n) is 5.82. The van der Waals surface area contributed by atoms with Gasteiger partial charge < -0.3 is 11.1 Å². The highest BCUT2D eigenvalue weighted by molar-refractivity contribution is 5.40. The number of nitrogen functional groups attached to an aromatic ring is 1. The maximum absolute atomic E-state index is 13.1. The topological polar surface area (TPSA) is 50.9 Å². The molecule has 112 valence electrons. The van der Waals surface area contributed by atoms with E-state index in [9.17, 15) is 4.39 Å². The normalized spacial score (nSPS) is 13.1. The fraction of sp³-hybridized carbons (Fsp3) is 0.353. The van der Waals surface area contributed by atoms with Gasteiger partial charge in [0.1, 0.15) is 11.6 Å². The number of nitrogens with one attached hydrogen (secondary N) is 1. The quantitative estimate of drug-likeness (QED) is 0.889. The van der Waals surface area contributed by atoms with Crippen molar-refractivity contribution in [3.63, 3.8) is 0 Å². The van der Waals surface area contributed by atoms with Gasteiger partial charge in [0, 0.05) is 17.7 Å². The zero-order valence-electron chi connectivity index (χ0n) is 12.7. The van der Waals surface area contributed by atoms with Crippen molar-refractivity contribution in [2.24, 2.45) is 0 Å². The molecule has 2 aromatic rings. The first-order valence-corrected chi connectivity index (χ1v) is 7.08. The van der Waals surface area contributed by atoms with Crippen LogP contribution in [0.3, 0.4) is 0 Å². The summed E-state index contributed by atoms with van der Waals surface area (Å²) in [6, 6.07) is 10.7. The third-order valence-electron chi connectivity index (χ3n) is 4.16. The van der Waals surface area contributed by atoms with E-state index in [1.165, 1.54) is 12.1 Å². The number of rotatable bonds is 5. The number of benzene rings is 1. The number of nitrogens with two attached hydrogens (primary N) is 1. The van der Waals surface area contributed by atoms with Crippen molar-refractivity contribution < 1.29 is 4.39 Å². The fourth-order valence-electron chi connectivity index (χ4n) is 2.64. The van der Waals surface area contributed by atoms with E-state index in [4.69, 9.17) is 5.73 Å². The first-order chi connectivity index (χ1) is 9.95. The van der Waals surface area contributed by atoms with Crippen LogP contribution in [0, 0.1) is 5.82 Å². The molecule has 3 nitrogen and oxygen atoms in total. The van der Waals surface area contributed by atoms with Crippen molar-refractivity contribution in [3.05, 3.63) is 59.5 Å². The molecule has 0 amide bonds. The number of halogens is 1. The SMILES string of the molecule is CNC(Cc1cccnc1N)C(C)(C)c1ccc(F)cc1. The van der Waals surface area contributed by atoms with Crippen LogP contribution in [0.1, 0.15) is 25.0 Å². The van der Waals surface area contributed by atoms with Gasteiger partial charge in [-0.15, -0.1) is 0 Å². The maximum Gasteiger partial charge on any atom is 0.126 e. The second kappa shape index (κ2) is 6.22. The predicted octanol–water partition coefficient (Wildman–Crippen LogP) is 2.91. The Balaban J connectivity index is 2.27. The summed E-state index contributed by atoms with van der Waals surface area (Å²) in [6.07, 6.45) is 2.46. The van der Waals surface area contributed by atoms with Crippen molar-refractivity contribution >= 4 is 5.82 Å². The van der Waals surface area contributed by atoms with Gasteiger partial charge >= 0.3 is 0 Å². The van der Waals surface area contributed by atoms with E-state index in [0.717, 1.165) is 17.5 Å². The summed E-state index contributed by atoms with van der Waals surface area (Å²) in [6.45, 7) is 4.29. The Morgan fingerprint density at radius 3 is 2.48 bits per heavy atom. The molecule has 0 bridgehead atoms. The molecule has 0 aliphatic heterocycles. The minimum Gasteiger partial charge on any atom is -0.383 e. The van der Waals surface area contributed by atoms with Crippen LogP contribution in [-0.4, -0.2) is 18.1 Å². The van der Waals surface area contributed by atoms with Gasteiger partial charge in [0.25, 0.3) is 0 Å². The van der Waals surface area contributed by atoms with Crippen LogP contribution in [0.25, 0.3) is 0 Å². The summed E-state index contributed by atoms with van der Waals surface area (Å²) < 4.78 is 13.1. The van der Waals surface area contributed by atoms with E-state index in [1.54, 1.807) is 6.20 Å². The van der Waals surface area contributed by atoms with Gasteiger partial charge in [-0.3, -0.25) is 0 Å². The molecule has 1 aromatic heterocycles. The number of hydrogen-bond donors (Lipinski definition) is 2. The van der Waals surface area contributed by atoms with E-state index >= 15 is 0 Å². The summed E-state index contributed by atoms with van der Waals surface area (Å²) in [5, 5.41) is 3.35. The molecule has 0 saturated heterocycles. The Bertz CT molecular complexity index is 593. The van der Waals surface area contributed by atoms with Crippen molar-refractivity contribution in [1.82, 2.24) is 10.3 Å². The first-order valence-electron chi connectivity index (χ1n) is 7.08. The highest BCUT2D eigenvalue weighted by Gasteiger charge is 2.30. The number of pyridine rings is 1. The van der Waals surface area contributed by atoms with Gasteiger partial charge in [-0.05, 0) is 42.8 Å². The molecule has 1 aromatic carbocycles. The summed E-state index contributed by atoms with van der Waals surface area (Å²) in [5.74, 6) is 0.347. The summed E-state index contributed by atoms with van der Waals surface area (Å²) in [5.41, 5.74) is 7.88. The summed E-state index contributed by atoms with van der Waals surface area (Å²) >= 11 is 0. The van der Waals surface area contributed by atoms with Crippen LogP contribution < -0.4 is 11.1 Å². The minimum absolute atomic E-state index is 0.162. The van der Waals surface area contributed by atoms with Crippen LogP contribution in [0.5, 0.6) is 0 Å². The fourth-order valence-corrected chi connectivity index (χ4v) is 2.64. The number of hydrogen-bond acceptors (Lipinski definition) is 3. The largest absolute Gasteiger partial charge is 0.383 e. The molecule has 21 heavy (non-hydrogen) atoms. The Morgan fingerprint density at radius 2 is 1.90 bits per heavy atom. The lowest BCUT2D eigenvalue weighted by atomic mass is 9.75. The van der Waals surface area contributed by atoms with E-state index in [2.05, 4.69) is 24.1 Å². The maximum atomic E-state index is 13.1. The molecule has 3 N–H and O–H groups in total. The second-order valence-corrected chi connectivity index (χ2v) is 5.82. The van der Waals surface area contributed by atoms with Crippen molar-refractivity contribution in [2.75, 3.05) is 12.8 Å². The van der Waals surface area contributed by atoms with E-state index in [1.807, 2.05) is 31.3 Å². The standard InChI is InChI=1S/C17H22FN3/c1-17(2,13-6-8-14(18)9-7-13)15(20-3)11-12-5-4-10-21-16(12)19/h4-10,15,20H,11H2,1-3H3,(H2,19,21). The summed E-state index contributed by atoms with van der Waals surface area (Å²) in [4.78, 5) is 4.13. The Kier molecular flexibility index (Phi) is 4.58. The average Bonchev–Trinajstić information content (AvgIpc) is 2.46. The highest BCUT2D eigenvalue weighted by atomic mass is 19.1. The summed E-state index contributed by atoms with van der Waals surface area (Å²) in [7, 11) is 1.93. The monoisotopic (exact) mass is 287 g/mol. The third kappa shape index (κ3) is 3.39. The lowest BCUT2D eigenvalue weighted by Gasteiger charge is -2.35. The zero-order chi connectivity index (χ0) is 15.5. The molecule has 1 heterocycles. The molecular formula is C17H22FN3. The Morgan fingerprint density at radius 1 is 1.24 bits per heavy atom. The predicted molar refractivity (Wildman–Crippen MR) is 84.6 cm³/mol. The van der Waals surface area contributed by atoms with E-state index in [0.29, 0.717) is 5.82 Å². The molecule has 1 unspecified atom stereocenters. The Labute approximate surface area is 125 Å². The lowest BCUT2D eigenvalue weighted by molar-refractivity contribution is 0.356. The van der Waals surface area contributed by atoms with Gasteiger partial charge in [-0.1, -0.05) is 32.0 Å². The van der Waals surface area contributed by atoms with Gasteiger partial charge in [0.05, 0.1) is 0 Å². The van der Waals surface area contributed by atoms with Crippen molar-refractivity contribution in [2.45, 2.75) is 31.7 Å². The smallest absolute Gasteiger partial charge is 0.126 e. The van der Waals surface area contributed by atoms with Crippen LogP contribution in [0.4, 0.5) is 10.2 Å². The van der Waals surface area contributed by atoms with Gasteiger partial charge in [0.2, 0.25) is 0 Å². The molecule has 0 saturated carbocycles. The molecule has 2 rings (SSSR count). The molecule has 0 fully saturated rings. The third-order valence-corrected chi connectivity index (χ3v) is 4.16. The van der Waals surface area contributed by atoms with Crippen LogP contribution in [0.15, 0.2) is 42.6 Å². The van der Waals surface area contributed by atoms with E-state index < -0.39 is 0 Å². The molecule has 0 spiro atoms. The van der Waals surface area contributed by atoms with Gasteiger partial charge in [-0.2, -0.15) is 0 Å². The lowest BCUT2D eigenvalue weighted by Crippen LogP contribution is -2.44. The van der Waals surface area contributed by atoms with Crippen LogP contribution in [-0.2, 0) is 11.8 Å². The Hall–Kier alpha value is -1.94. The van der Waals surface area contributed by atoms with Crippen LogP contribution >= 0.6 is 0 Å². The van der Waals surface area contributed by atoms with Crippen molar-refractivity contribution in [1.29, 1.82) is 0 Å². The molecule has 0 aliphatic rings. The first kappa shape index (κ1) is 15.4.